The number of methoxy groups -OCH3 is 1. The van der Waals surface area contributed by atoms with E-state index in [0.29, 0.717) is 16.3 Å². The standard InChI is InChI=1S/C21H17FN4O4S/c1-30-21(29)13-5-7-16(8-6-13)23-18(27)12-31-19-10-9-17(25-26-19)24-20(28)14-3-2-4-15(22)11-14/h2-11H,12H2,1H3,(H,23,27)(H,24,25,28). The zero-order chi connectivity index (χ0) is 22.2. The number of benzene rings is 2. The SMILES string of the molecule is COC(=O)c1ccc(NC(=O)CSc2ccc(NC(=O)c3cccc(F)c3)nn2)cc1. The van der Waals surface area contributed by atoms with E-state index in [4.69, 9.17) is 0 Å². The van der Waals surface area contributed by atoms with E-state index in [0.717, 1.165) is 17.8 Å². The monoisotopic (exact) mass is 440 g/mol. The van der Waals surface area contributed by atoms with Crippen LogP contribution in [0.4, 0.5) is 15.9 Å². The molecule has 158 valence electrons. The van der Waals surface area contributed by atoms with Gasteiger partial charge in [-0.2, -0.15) is 0 Å². The van der Waals surface area contributed by atoms with Gasteiger partial charge in [0, 0.05) is 11.3 Å². The Hall–Kier alpha value is -3.79. The number of carbonyl (C=O) groups is 3. The fraction of sp³-hybridized carbons (Fsp3) is 0.0952. The van der Waals surface area contributed by atoms with Crippen molar-refractivity contribution >= 4 is 41.1 Å². The van der Waals surface area contributed by atoms with E-state index in [-0.39, 0.29) is 23.0 Å². The van der Waals surface area contributed by atoms with Crippen LogP contribution in [0.3, 0.4) is 0 Å². The Morgan fingerprint density at radius 2 is 1.74 bits per heavy atom. The van der Waals surface area contributed by atoms with Crippen LogP contribution in [-0.4, -0.2) is 40.8 Å². The molecule has 0 saturated heterocycles. The quantitative estimate of drug-likeness (QED) is 0.428. The number of carbonyl (C=O) groups excluding carboxylic acids is 3. The van der Waals surface area contributed by atoms with Gasteiger partial charge in [-0.05, 0) is 54.6 Å². The topological polar surface area (TPSA) is 110 Å². The number of hydrogen-bond donors (Lipinski definition) is 2. The van der Waals surface area contributed by atoms with Gasteiger partial charge in [0.1, 0.15) is 10.8 Å². The Balaban J connectivity index is 1.49. The van der Waals surface area contributed by atoms with Crippen LogP contribution in [0.15, 0.2) is 65.7 Å². The summed E-state index contributed by atoms with van der Waals surface area (Å²) in [5, 5.41) is 13.6. The average Bonchev–Trinajstić information content (AvgIpc) is 2.78. The van der Waals surface area contributed by atoms with E-state index >= 15 is 0 Å². The highest BCUT2D eigenvalue weighted by Gasteiger charge is 2.10. The molecule has 0 atom stereocenters. The number of ether oxygens (including phenoxy) is 1. The van der Waals surface area contributed by atoms with Gasteiger partial charge in [-0.25, -0.2) is 9.18 Å². The molecule has 0 radical (unpaired) electrons. The van der Waals surface area contributed by atoms with Crippen LogP contribution in [-0.2, 0) is 9.53 Å². The minimum atomic E-state index is -0.511. The van der Waals surface area contributed by atoms with Gasteiger partial charge in [0.05, 0.1) is 18.4 Å². The first kappa shape index (κ1) is 21.9. The highest BCUT2D eigenvalue weighted by atomic mass is 32.2. The van der Waals surface area contributed by atoms with Crippen molar-refractivity contribution in [1.29, 1.82) is 0 Å². The number of nitrogens with one attached hydrogen (secondary N) is 2. The minimum absolute atomic E-state index is 0.0857. The van der Waals surface area contributed by atoms with Crippen LogP contribution in [0, 0.1) is 5.82 Å². The summed E-state index contributed by atoms with van der Waals surface area (Å²) in [4.78, 5) is 35.6. The van der Waals surface area contributed by atoms with Gasteiger partial charge in [-0.3, -0.25) is 9.59 Å². The molecule has 1 heterocycles. The Bertz CT molecular complexity index is 1090. The highest BCUT2D eigenvalue weighted by molar-refractivity contribution is 7.99. The average molecular weight is 440 g/mol. The van der Waals surface area contributed by atoms with Crippen LogP contribution in [0.25, 0.3) is 0 Å². The molecule has 3 rings (SSSR count). The fourth-order valence-corrected chi connectivity index (χ4v) is 3.04. The molecule has 3 aromatic rings. The van der Waals surface area contributed by atoms with E-state index in [1.165, 1.54) is 31.4 Å². The number of rotatable bonds is 7. The third kappa shape index (κ3) is 6.34. The number of nitrogens with zero attached hydrogens (tertiary/aromatic N) is 2. The second-order valence-electron chi connectivity index (χ2n) is 6.13. The molecule has 0 saturated carbocycles. The number of thioether (sulfide) groups is 1. The van der Waals surface area contributed by atoms with Gasteiger partial charge in [-0.1, -0.05) is 17.8 Å². The Morgan fingerprint density at radius 3 is 2.39 bits per heavy atom. The maximum absolute atomic E-state index is 13.2. The summed E-state index contributed by atoms with van der Waals surface area (Å²) >= 11 is 1.16. The van der Waals surface area contributed by atoms with Crippen molar-refractivity contribution in [2.75, 3.05) is 23.5 Å². The number of aromatic nitrogens is 2. The van der Waals surface area contributed by atoms with Gasteiger partial charge in [0.25, 0.3) is 5.91 Å². The van der Waals surface area contributed by atoms with Gasteiger partial charge in [-0.15, -0.1) is 10.2 Å². The van der Waals surface area contributed by atoms with E-state index in [1.807, 2.05) is 0 Å². The van der Waals surface area contributed by atoms with Crippen LogP contribution >= 0.6 is 11.8 Å². The van der Waals surface area contributed by atoms with Crippen LogP contribution in [0.5, 0.6) is 0 Å². The van der Waals surface area contributed by atoms with Crippen molar-refractivity contribution in [1.82, 2.24) is 10.2 Å². The molecule has 0 spiro atoms. The zero-order valence-corrected chi connectivity index (χ0v) is 17.1. The first-order chi connectivity index (χ1) is 14.9. The molecule has 0 unspecified atom stereocenters. The number of amides is 2. The zero-order valence-electron chi connectivity index (χ0n) is 16.3. The van der Waals surface area contributed by atoms with Crippen LogP contribution in [0.2, 0.25) is 0 Å². The highest BCUT2D eigenvalue weighted by Crippen LogP contribution is 2.17. The van der Waals surface area contributed by atoms with Crippen molar-refractivity contribution in [3.05, 3.63) is 77.6 Å². The van der Waals surface area contributed by atoms with Crippen molar-refractivity contribution in [3.63, 3.8) is 0 Å². The Kier molecular flexibility index (Phi) is 7.28. The maximum atomic E-state index is 13.2. The van der Waals surface area contributed by atoms with E-state index in [2.05, 4.69) is 25.6 Å². The largest absolute Gasteiger partial charge is 0.465 e. The maximum Gasteiger partial charge on any atom is 0.337 e. The summed E-state index contributed by atoms with van der Waals surface area (Å²) in [5.74, 6) is -1.45. The molecule has 8 nitrogen and oxygen atoms in total. The Labute approximate surface area is 181 Å². The molecule has 2 aromatic carbocycles. The molecule has 31 heavy (non-hydrogen) atoms. The molecular weight excluding hydrogens is 423 g/mol. The number of anilines is 2. The van der Waals surface area contributed by atoms with Crippen LogP contribution < -0.4 is 10.6 Å². The Morgan fingerprint density at radius 1 is 0.968 bits per heavy atom. The second kappa shape index (κ2) is 10.3. The predicted molar refractivity (Wildman–Crippen MR) is 114 cm³/mol. The lowest BCUT2D eigenvalue weighted by atomic mass is 10.2. The van der Waals surface area contributed by atoms with Crippen LogP contribution in [0.1, 0.15) is 20.7 Å². The molecule has 0 fully saturated rings. The smallest absolute Gasteiger partial charge is 0.337 e. The lowest BCUT2D eigenvalue weighted by molar-refractivity contribution is -0.113. The summed E-state index contributed by atoms with van der Waals surface area (Å²) in [6, 6.07) is 14.7. The van der Waals surface area contributed by atoms with Crippen molar-refractivity contribution < 1.29 is 23.5 Å². The number of esters is 1. The van der Waals surface area contributed by atoms with E-state index < -0.39 is 17.7 Å². The summed E-state index contributed by atoms with van der Waals surface area (Å²) in [7, 11) is 1.29. The second-order valence-corrected chi connectivity index (χ2v) is 7.12. The first-order valence-electron chi connectivity index (χ1n) is 8.96. The molecule has 2 amide bonds. The lowest BCUT2D eigenvalue weighted by Crippen LogP contribution is -2.15. The minimum Gasteiger partial charge on any atom is -0.465 e. The summed E-state index contributed by atoms with van der Waals surface area (Å²) in [6.07, 6.45) is 0. The van der Waals surface area contributed by atoms with E-state index in [1.54, 1.807) is 30.3 Å². The molecule has 2 N–H and O–H groups in total. The van der Waals surface area contributed by atoms with Crippen molar-refractivity contribution in [3.8, 4) is 0 Å². The third-order valence-corrected chi connectivity index (χ3v) is 4.83. The van der Waals surface area contributed by atoms with Gasteiger partial charge in [0.15, 0.2) is 5.82 Å². The normalized spacial score (nSPS) is 10.3. The molecule has 10 heteroatoms. The summed E-state index contributed by atoms with van der Waals surface area (Å²) in [5.41, 5.74) is 1.09. The fourth-order valence-electron chi connectivity index (χ4n) is 2.43. The van der Waals surface area contributed by atoms with E-state index in [9.17, 15) is 18.8 Å². The summed E-state index contributed by atoms with van der Waals surface area (Å²) < 4.78 is 17.8. The number of halogens is 1. The van der Waals surface area contributed by atoms with Crippen molar-refractivity contribution in [2.45, 2.75) is 5.03 Å². The predicted octanol–water partition coefficient (Wildman–Crippen LogP) is 3.39. The molecule has 0 aliphatic rings. The third-order valence-electron chi connectivity index (χ3n) is 3.91. The lowest BCUT2D eigenvalue weighted by Gasteiger charge is -2.06. The molecule has 0 bridgehead atoms. The molecular formula is C21H17FN4O4S. The molecule has 0 aliphatic carbocycles. The molecule has 1 aromatic heterocycles. The number of hydrogen-bond acceptors (Lipinski definition) is 7. The first-order valence-corrected chi connectivity index (χ1v) is 9.95. The van der Waals surface area contributed by atoms with Crippen molar-refractivity contribution in [2.24, 2.45) is 0 Å². The molecule has 0 aliphatic heterocycles. The van der Waals surface area contributed by atoms with Gasteiger partial charge in [0.2, 0.25) is 5.91 Å². The van der Waals surface area contributed by atoms with Gasteiger partial charge < -0.3 is 15.4 Å². The van der Waals surface area contributed by atoms with Gasteiger partial charge >= 0.3 is 5.97 Å². The summed E-state index contributed by atoms with van der Waals surface area (Å²) in [6.45, 7) is 0.